The van der Waals surface area contributed by atoms with Crippen molar-refractivity contribution in [3.05, 3.63) is 59.1 Å². The smallest absolute Gasteiger partial charge is 0.253 e. The summed E-state index contributed by atoms with van der Waals surface area (Å²) in [6.45, 7) is 0.255. The van der Waals surface area contributed by atoms with E-state index < -0.39 is 5.92 Å². The molecule has 7 heteroatoms. The summed E-state index contributed by atoms with van der Waals surface area (Å²) >= 11 is 6.19. The van der Waals surface area contributed by atoms with Gasteiger partial charge < -0.3 is 15.5 Å². The van der Waals surface area contributed by atoms with Gasteiger partial charge in [-0.05, 0) is 37.1 Å². The van der Waals surface area contributed by atoms with Crippen molar-refractivity contribution in [1.82, 2.24) is 5.32 Å². The summed E-state index contributed by atoms with van der Waals surface area (Å²) in [5, 5.41) is 6.22. The summed E-state index contributed by atoms with van der Waals surface area (Å²) in [6.07, 6.45) is 2.08. The van der Waals surface area contributed by atoms with E-state index in [1.165, 1.54) is 4.90 Å². The second kappa shape index (κ2) is 7.64. The summed E-state index contributed by atoms with van der Waals surface area (Å²) in [6, 6.07) is 14.2. The fourth-order valence-electron chi connectivity index (χ4n) is 3.30. The molecule has 1 saturated carbocycles. The van der Waals surface area contributed by atoms with Crippen LogP contribution in [0.1, 0.15) is 29.6 Å². The van der Waals surface area contributed by atoms with E-state index in [0.29, 0.717) is 22.0 Å². The van der Waals surface area contributed by atoms with Crippen molar-refractivity contribution < 1.29 is 14.4 Å². The Bertz CT molecular complexity index is 942. The average molecular weight is 398 g/mol. The van der Waals surface area contributed by atoms with Crippen molar-refractivity contribution in [3.63, 3.8) is 0 Å². The van der Waals surface area contributed by atoms with Crippen molar-refractivity contribution >= 4 is 40.7 Å². The Balaban J connectivity index is 1.47. The molecule has 1 atom stereocenters. The lowest BCUT2D eigenvalue weighted by atomic mass is 10.1. The van der Waals surface area contributed by atoms with Gasteiger partial charge in [0, 0.05) is 19.0 Å². The zero-order valence-electron chi connectivity index (χ0n) is 15.2. The van der Waals surface area contributed by atoms with Crippen LogP contribution in [0.25, 0.3) is 0 Å². The molecule has 2 aliphatic rings. The van der Waals surface area contributed by atoms with Crippen LogP contribution in [0, 0.1) is 5.92 Å². The molecule has 1 saturated heterocycles. The number of para-hydroxylation sites is 2. The maximum atomic E-state index is 12.8. The number of hydrogen-bond acceptors (Lipinski definition) is 3. The third-order valence-corrected chi connectivity index (χ3v) is 5.30. The molecule has 0 radical (unpaired) electrons. The van der Waals surface area contributed by atoms with E-state index in [2.05, 4.69) is 10.6 Å². The molecule has 2 aromatic rings. The van der Waals surface area contributed by atoms with Crippen LogP contribution in [-0.4, -0.2) is 30.3 Å². The predicted octanol–water partition coefficient (Wildman–Crippen LogP) is 3.22. The van der Waals surface area contributed by atoms with Crippen LogP contribution in [-0.2, 0) is 9.59 Å². The fraction of sp³-hybridized carbons (Fsp3) is 0.286. The van der Waals surface area contributed by atoms with Gasteiger partial charge in [0.2, 0.25) is 11.8 Å². The van der Waals surface area contributed by atoms with Crippen molar-refractivity contribution in [2.75, 3.05) is 16.8 Å². The lowest BCUT2D eigenvalue weighted by Crippen LogP contribution is -2.30. The Hall–Kier alpha value is -2.86. The van der Waals surface area contributed by atoms with Crippen molar-refractivity contribution in [2.45, 2.75) is 25.3 Å². The molecule has 2 fully saturated rings. The third kappa shape index (κ3) is 3.87. The number of benzene rings is 2. The van der Waals surface area contributed by atoms with E-state index in [1.807, 2.05) is 0 Å². The molecular weight excluding hydrogens is 378 g/mol. The Kier molecular flexibility index (Phi) is 5.05. The van der Waals surface area contributed by atoms with Gasteiger partial charge in [-0.15, -0.1) is 0 Å². The minimum absolute atomic E-state index is 0.105. The van der Waals surface area contributed by atoms with E-state index >= 15 is 0 Å². The summed E-state index contributed by atoms with van der Waals surface area (Å²) in [7, 11) is 0. The third-order valence-electron chi connectivity index (χ3n) is 4.98. The minimum atomic E-state index is -0.511. The molecular formula is C21H20ClN3O3. The largest absolute Gasteiger partial charge is 0.349 e. The highest BCUT2D eigenvalue weighted by molar-refractivity contribution is 6.34. The lowest BCUT2D eigenvalue weighted by molar-refractivity contribution is -0.122. The van der Waals surface area contributed by atoms with Crippen molar-refractivity contribution in [2.24, 2.45) is 5.92 Å². The monoisotopic (exact) mass is 397 g/mol. The summed E-state index contributed by atoms with van der Waals surface area (Å²) in [5.41, 5.74) is 1.48. The SMILES string of the molecule is O=C(NC1CC1)c1ccccc1NC(=O)[C@@H]1CC(=O)N(c2ccccc2Cl)C1. The second-order valence-electron chi connectivity index (χ2n) is 7.14. The van der Waals surface area contributed by atoms with Crippen molar-refractivity contribution in [3.8, 4) is 0 Å². The number of nitrogens with one attached hydrogen (secondary N) is 2. The van der Waals surface area contributed by atoms with Gasteiger partial charge in [-0.25, -0.2) is 0 Å². The van der Waals surface area contributed by atoms with Crippen molar-refractivity contribution in [1.29, 1.82) is 0 Å². The summed E-state index contributed by atoms with van der Waals surface area (Å²) in [4.78, 5) is 39.1. The number of anilines is 2. The molecule has 1 aliphatic heterocycles. The van der Waals surface area contributed by atoms with E-state index in [1.54, 1.807) is 48.5 Å². The van der Waals surface area contributed by atoms with Gasteiger partial charge in [0.25, 0.3) is 5.91 Å². The first-order chi connectivity index (χ1) is 13.5. The Morgan fingerprint density at radius 2 is 1.75 bits per heavy atom. The first-order valence-corrected chi connectivity index (χ1v) is 9.66. The molecule has 1 aliphatic carbocycles. The van der Waals surface area contributed by atoms with E-state index in [9.17, 15) is 14.4 Å². The number of amides is 3. The molecule has 1 heterocycles. The maximum absolute atomic E-state index is 12.8. The first kappa shape index (κ1) is 18.5. The predicted molar refractivity (Wildman–Crippen MR) is 107 cm³/mol. The van der Waals surface area contributed by atoms with Crippen LogP contribution in [0.4, 0.5) is 11.4 Å². The van der Waals surface area contributed by atoms with Gasteiger partial charge >= 0.3 is 0 Å². The minimum Gasteiger partial charge on any atom is -0.349 e. The van der Waals surface area contributed by atoms with Crippen LogP contribution < -0.4 is 15.5 Å². The van der Waals surface area contributed by atoms with Gasteiger partial charge in [-0.1, -0.05) is 35.9 Å². The van der Waals surface area contributed by atoms with Gasteiger partial charge in [0.05, 0.1) is 27.9 Å². The highest BCUT2D eigenvalue weighted by Gasteiger charge is 2.36. The highest BCUT2D eigenvalue weighted by atomic mass is 35.5. The normalized spacial score (nSPS) is 18.8. The topological polar surface area (TPSA) is 78.5 Å². The van der Waals surface area contributed by atoms with Crippen LogP contribution >= 0.6 is 11.6 Å². The first-order valence-electron chi connectivity index (χ1n) is 9.28. The molecule has 0 spiro atoms. The second-order valence-corrected chi connectivity index (χ2v) is 7.55. The molecule has 6 nitrogen and oxygen atoms in total. The molecule has 0 aromatic heterocycles. The Morgan fingerprint density at radius 3 is 2.50 bits per heavy atom. The maximum Gasteiger partial charge on any atom is 0.253 e. The van der Waals surface area contributed by atoms with Gasteiger partial charge in [-0.3, -0.25) is 14.4 Å². The molecule has 4 rings (SSSR count). The highest BCUT2D eigenvalue weighted by Crippen LogP contribution is 2.31. The quantitative estimate of drug-likeness (QED) is 0.813. The number of halogens is 1. The number of carbonyl (C=O) groups is 3. The van der Waals surface area contributed by atoms with Gasteiger partial charge in [0.1, 0.15) is 0 Å². The molecule has 0 unspecified atom stereocenters. The number of hydrogen-bond donors (Lipinski definition) is 2. The molecule has 3 amide bonds. The van der Waals surface area contributed by atoms with E-state index in [0.717, 1.165) is 12.8 Å². The number of nitrogens with zero attached hydrogens (tertiary/aromatic N) is 1. The van der Waals surface area contributed by atoms with Crippen LogP contribution in [0.5, 0.6) is 0 Å². The van der Waals surface area contributed by atoms with Crippen LogP contribution in [0.2, 0.25) is 5.02 Å². The zero-order valence-corrected chi connectivity index (χ0v) is 15.9. The van der Waals surface area contributed by atoms with Gasteiger partial charge in [-0.2, -0.15) is 0 Å². The summed E-state index contributed by atoms with van der Waals surface area (Å²) in [5.74, 6) is -1.13. The van der Waals surface area contributed by atoms with E-state index in [-0.39, 0.29) is 36.7 Å². The molecule has 2 aromatic carbocycles. The lowest BCUT2D eigenvalue weighted by Gasteiger charge is -2.18. The average Bonchev–Trinajstić information content (AvgIpc) is 3.41. The molecule has 0 bridgehead atoms. The number of rotatable bonds is 5. The summed E-state index contributed by atoms with van der Waals surface area (Å²) < 4.78 is 0. The fourth-order valence-corrected chi connectivity index (χ4v) is 3.54. The molecule has 28 heavy (non-hydrogen) atoms. The van der Waals surface area contributed by atoms with Gasteiger partial charge in [0.15, 0.2) is 0 Å². The Labute approximate surface area is 167 Å². The molecule has 2 N–H and O–H groups in total. The van der Waals surface area contributed by atoms with Crippen LogP contribution in [0.3, 0.4) is 0 Å². The number of carbonyl (C=O) groups excluding carboxylic acids is 3. The van der Waals surface area contributed by atoms with Crippen LogP contribution in [0.15, 0.2) is 48.5 Å². The zero-order chi connectivity index (χ0) is 19.7. The Morgan fingerprint density at radius 1 is 1.04 bits per heavy atom. The standard InChI is InChI=1S/C21H20ClN3O3/c22-16-6-2-4-8-18(16)25-12-13(11-19(25)26)20(27)24-17-7-3-1-5-15(17)21(28)23-14-9-10-14/h1-8,13-14H,9-12H2,(H,23,28)(H,24,27)/t13-/m1/s1. The molecule has 144 valence electrons. The van der Waals surface area contributed by atoms with E-state index in [4.69, 9.17) is 11.6 Å².